The van der Waals surface area contributed by atoms with Crippen LogP contribution < -0.4 is 9.86 Å². The van der Waals surface area contributed by atoms with E-state index < -0.39 is 20.0 Å². The highest BCUT2D eigenvalue weighted by Crippen LogP contribution is 2.24. The van der Waals surface area contributed by atoms with Gasteiger partial charge in [-0.25, -0.2) is 22.0 Å². The molecule has 1 saturated heterocycles. The number of likely N-dealkylation sites (tertiary alicyclic amines) is 1. The minimum atomic E-state index is -4.12. The number of nitrogens with two attached hydrogens (primary N) is 1. The minimum Gasteiger partial charge on any atom is -0.339 e. The molecule has 2 aromatic carbocycles. The van der Waals surface area contributed by atoms with E-state index >= 15 is 0 Å². The number of rotatable bonds is 5. The SMILES string of the molecule is NS(=O)(=O)c1cccc(S(=O)(=O)Nc2ccccc2C(=O)N2CCCCC2)c1. The topological polar surface area (TPSA) is 127 Å². The first-order valence-electron chi connectivity index (χ1n) is 8.72. The molecule has 0 aliphatic carbocycles. The normalized spacial score (nSPS) is 15.2. The predicted molar refractivity (Wildman–Crippen MR) is 105 cm³/mol. The number of primary sulfonamides is 1. The molecule has 10 heteroatoms. The summed E-state index contributed by atoms with van der Waals surface area (Å²) in [5.74, 6) is -0.240. The summed E-state index contributed by atoms with van der Waals surface area (Å²) < 4.78 is 50.9. The number of benzene rings is 2. The molecule has 3 rings (SSSR count). The lowest BCUT2D eigenvalue weighted by Crippen LogP contribution is -2.36. The van der Waals surface area contributed by atoms with Gasteiger partial charge in [-0.2, -0.15) is 0 Å². The third-order valence-corrected chi connectivity index (χ3v) is 6.76. The number of nitrogens with zero attached hydrogens (tertiary/aromatic N) is 1. The summed E-state index contributed by atoms with van der Waals surface area (Å²) in [6.07, 6.45) is 2.90. The van der Waals surface area contributed by atoms with E-state index in [9.17, 15) is 21.6 Å². The Morgan fingerprint density at radius 1 is 0.893 bits per heavy atom. The second-order valence-electron chi connectivity index (χ2n) is 6.52. The first-order chi connectivity index (χ1) is 13.2. The largest absolute Gasteiger partial charge is 0.339 e. The molecule has 0 radical (unpaired) electrons. The Hall–Kier alpha value is -2.43. The molecule has 0 saturated carbocycles. The van der Waals surface area contributed by atoms with E-state index in [0.29, 0.717) is 13.1 Å². The highest BCUT2D eigenvalue weighted by molar-refractivity contribution is 7.93. The van der Waals surface area contributed by atoms with Crippen LogP contribution in [0.2, 0.25) is 0 Å². The van der Waals surface area contributed by atoms with Gasteiger partial charge in [0.25, 0.3) is 15.9 Å². The van der Waals surface area contributed by atoms with Crippen LogP contribution in [0.1, 0.15) is 29.6 Å². The zero-order chi connectivity index (χ0) is 20.4. The third-order valence-electron chi connectivity index (χ3n) is 4.49. The van der Waals surface area contributed by atoms with E-state index in [2.05, 4.69) is 4.72 Å². The maximum absolute atomic E-state index is 12.8. The van der Waals surface area contributed by atoms with Crippen LogP contribution in [0.4, 0.5) is 5.69 Å². The smallest absolute Gasteiger partial charge is 0.261 e. The Morgan fingerprint density at radius 2 is 1.54 bits per heavy atom. The molecule has 0 bridgehead atoms. The first kappa shape index (κ1) is 20.3. The van der Waals surface area contributed by atoms with Gasteiger partial charge in [-0.3, -0.25) is 9.52 Å². The van der Waals surface area contributed by atoms with Crippen molar-refractivity contribution in [2.45, 2.75) is 29.1 Å². The molecule has 1 fully saturated rings. The van der Waals surface area contributed by atoms with Crippen LogP contribution in [0.15, 0.2) is 58.3 Å². The van der Waals surface area contributed by atoms with Crippen LogP contribution in [0.5, 0.6) is 0 Å². The van der Waals surface area contributed by atoms with Crippen molar-refractivity contribution in [1.82, 2.24) is 4.90 Å². The van der Waals surface area contributed by atoms with Crippen LogP contribution in [0, 0.1) is 0 Å². The van der Waals surface area contributed by atoms with Crippen LogP contribution >= 0.6 is 0 Å². The van der Waals surface area contributed by atoms with Gasteiger partial charge in [0.2, 0.25) is 10.0 Å². The standard InChI is InChI=1S/C18H21N3O5S2/c19-27(23,24)14-7-6-8-15(13-14)28(25,26)20-17-10-3-2-9-16(17)18(22)21-11-4-1-5-12-21/h2-3,6-10,13,20H,1,4-5,11-12H2,(H2,19,23,24). The van der Waals surface area contributed by atoms with E-state index in [-0.39, 0.29) is 26.9 Å². The molecule has 1 aliphatic rings. The predicted octanol–water partition coefficient (Wildman–Crippen LogP) is 1.76. The Bertz CT molecular complexity index is 1090. The summed E-state index contributed by atoms with van der Waals surface area (Å²) in [5, 5.41) is 5.07. The zero-order valence-electron chi connectivity index (χ0n) is 15.0. The van der Waals surface area contributed by atoms with Crippen LogP contribution in [-0.4, -0.2) is 40.7 Å². The molecule has 1 amide bonds. The maximum Gasteiger partial charge on any atom is 0.261 e. The van der Waals surface area contributed by atoms with Crippen molar-refractivity contribution in [1.29, 1.82) is 0 Å². The molecule has 0 unspecified atom stereocenters. The van der Waals surface area contributed by atoms with Gasteiger partial charge in [0.15, 0.2) is 0 Å². The van der Waals surface area contributed by atoms with Gasteiger partial charge in [0.1, 0.15) is 0 Å². The molecule has 8 nitrogen and oxygen atoms in total. The van der Waals surface area contributed by atoms with Crippen LogP contribution in [0.25, 0.3) is 0 Å². The van der Waals surface area contributed by atoms with Crippen LogP contribution in [0.3, 0.4) is 0 Å². The number of carbonyl (C=O) groups excluding carboxylic acids is 1. The molecule has 3 N–H and O–H groups in total. The maximum atomic E-state index is 12.8. The molecule has 0 atom stereocenters. The molecular formula is C18H21N3O5S2. The summed E-state index contributed by atoms with van der Waals surface area (Å²) in [4.78, 5) is 14.0. The number of amides is 1. The number of anilines is 1. The van der Waals surface area contributed by atoms with Crippen molar-refractivity contribution >= 4 is 31.6 Å². The quantitative estimate of drug-likeness (QED) is 0.758. The first-order valence-corrected chi connectivity index (χ1v) is 11.8. The summed E-state index contributed by atoms with van der Waals surface area (Å²) in [5.41, 5.74) is 0.384. The average Bonchev–Trinajstić information content (AvgIpc) is 2.68. The Labute approximate surface area is 164 Å². The van der Waals surface area contributed by atoms with Gasteiger partial charge >= 0.3 is 0 Å². The highest BCUT2D eigenvalue weighted by atomic mass is 32.2. The highest BCUT2D eigenvalue weighted by Gasteiger charge is 2.24. The molecule has 28 heavy (non-hydrogen) atoms. The molecule has 1 heterocycles. The van der Waals surface area contributed by atoms with Gasteiger partial charge in [0.05, 0.1) is 21.0 Å². The molecule has 0 spiro atoms. The third kappa shape index (κ3) is 4.51. The van der Waals surface area contributed by atoms with Crippen molar-refractivity contribution in [3.05, 3.63) is 54.1 Å². The number of nitrogens with one attached hydrogen (secondary N) is 1. The van der Waals surface area contributed by atoms with E-state index in [1.165, 1.54) is 24.3 Å². The van der Waals surface area contributed by atoms with Crippen molar-refractivity contribution in [2.75, 3.05) is 17.8 Å². The van der Waals surface area contributed by atoms with Gasteiger partial charge in [-0.05, 0) is 49.6 Å². The van der Waals surface area contributed by atoms with Gasteiger partial charge in [0, 0.05) is 13.1 Å². The summed E-state index contributed by atoms with van der Waals surface area (Å²) in [7, 11) is -8.17. The fourth-order valence-electron chi connectivity index (χ4n) is 3.05. The Balaban J connectivity index is 1.92. The van der Waals surface area contributed by atoms with Gasteiger partial charge in [-0.15, -0.1) is 0 Å². The number of sulfonamides is 2. The zero-order valence-corrected chi connectivity index (χ0v) is 16.7. The van der Waals surface area contributed by atoms with E-state index in [4.69, 9.17) is 5.14 Å². The lowest BCUT2D eigenvalue weighted by atomic mass is 10.1. The fourth-order valence-corrected chi connectivity index (χ4v) is 4.81. The lowest BCUT2D eigenvalue weighted by Gasteiger charge is -2.27. The monoisotopic (exact) mass is 423 g/mol. The van der Waals surface area contributed by atoms with Crippen molar-refractivity contribution in [2.24, 2.45) is 5.14 Å². The van der Waals surface area contributed by atoms with E-state index in [1.54, 1.807) is 23.1 Å². The van der Waals surface area contributed by atoms with Crippen molar-refractivity contribution < 1.29 is 21.6 Å². The second kappa shape index (κ2) is 7.90. The average molecular weight is 424 g/mol. The number of hydrogen-bond donors (Lipinski definition) is 2. The lowest BCUT2D eigenvalue weighted by molar-refractivity contribution is 0.0725. The second-order valence-corrected chi connectivity index (χ2v) is 9.77. The van der Waals surface area contributed by atoms with Gasteiger partial charge < -0.3 is 4.90 Å². The summed E-state index contributed by atoms with van der Waals surface area (Å²) in [6, 6.07) is 11.1. The Kier molecular flexibility index (Phi) is 5.73. The number of piperidine rings is 1. The molecular weight excluding hydrogens is 402 g/mol. The van der Waals surface area contributed by atoms with Crippen molar-refractivity contribution in [3.63, 3.8) is 0 Å². The number of hydrogen-bond acceptors (Lipinski definition) is 5. The summed E-state index contributed by atoms with van der Waals surface area (Å²) in [6.45, 7) is 1.27. The molecule has 2 aromatic rings. The minimum absolute atomic E-state index is 0.138. The van der Waals surface area contributed by atoms with Gasteiger partial charge in [-0.1, -0.05) is 18.2 Å². The van der Waals surface area contributed by atoms with E-state index in [1.807, 2.05) is 0 Å². The summed E-state index contributed by atoms with van der Waals surface area (Å²) >= 11 is 0. The van der Waals surface area contributed by atoms with Crippen LogP contribution in [-0.2, 0) is 20.0 Å². The Morgan fingerprint density at radius 3 is 2.21 bits per heavy atom. The molecule has 150 valence electrons. The molecule has 1 aliphatic heterocycles. The number of carbonyl (C=O) groups is 1. The van der Waals surface area contributed by atoms with E-state index in [0.717, 1.165) is 25.3 Å². The number of para-hydroxylation sites is 1. The molecule has 0 aromatic heterocycles. The fraction of sp³-hybridized carbons (Fsp3) is 0.278. The van der Waals surface area contributed by atoms with Crippen molar-refractivity contribution in [3.8, 4) is 0 Å².